The van der Waals surface area contributed by atoms with Gasteiger partial charge in [-0.2, -0.15) is 0 Å². The lowest BCUT2D eigenvalue weighted by Crippen LogP contribution is -1.93. The molecule has 0 amide bonds. The third kappa shape index (κ3) is 5.42. The second-order valence-corrected chi connectivity index (χ2v) is 6.73. The first kappa shape index (κ1) is 21.3. The first-order valence-electron chi connectivity index (χ1n) is 9.69. The van der Waals surface area contributed by atoms with Crippen molar-refractivity contribution in [2.24, 2.45) is 0 Å². The van der Waals surface area contributed by atoms with Crippen molar-refractivity contribution in [3.8, 4) is 34.5 Å². The zero-order valence-corrected chi connectivity index (χ0v) is 17.0. The van der Waals surface area contributed by atoms with E-state index < -0.39 is 9.85 Å². The lowest BCUT2D eigenvalue weighted by atomic mass is 10.2. The van der Waals surface area contributed by atoms with E-state index in [1.165, 1.54) is 48.5 Å². The number of rotatable bonds is 8. The molecule has 0 aliphatic rings. The summed E-state index contributed by atoms with van der Waals surface area (Å²) in [5, 5.41) is 21.8. The molecule has 4 rings (SSSR count). The second-order valence-electron chi connectivity index (χ2n) is 6.73. The van der Waals surface area contributed by atoms with Crippen molar-refractivity contribution in [2.75, 3.05) is 0 Å². The first-order chi connectivity index (χ1) is 16.0. The van der Waals surface area contributed by atoms with Gasteiger partial charge in [-0.15, -0.1) is 0 Å². The SMILES string of the molecule is O=[N+]([O-])c1ccc(Oc2ccc(Oc3ccccc3)cc2Oc2ccc([N+](=O)[O-])cc2)cc1. The molecule has 164 valence electrons. The molecule has 0 unspecified atom stereocenters. The molecule has 0 bridgehead atoms. The standard InChI is InChI=1S/C24H16N2O7/c27-25(28)17-6-10-20(11-7-17)32-23-15-14-22(31-19-4-2-1-3-5-19)16-24(23)33-21-12-8-18(9-13-21)26(29)30/h1-16H. The quantitative estimate of drug-likeness (QED) is 0.215. The minimum Gasteiger partial charge on any atom is -0.457 e. The summed E-state index contributed by atoms with van der Waals surface area (Å²) >= 11 is 0. The van der Waals surface area contributed by atoms with Crippen molar-refractivity contribution in [1.82, 2.24) is 0 Å². The van der Waals surface area contributed by atoms with Gasteiger partial charge in [0, 0.05) is 30.3 Å². The van der Waals surface area contributed by atoms with E-state index in [0.717, 1.165) is 0 Å². The van der Waals surface area contributed by atoms with Crippen LogP contribution in [-0.2, 0) is 0 Å². The Morgan fingerprint density at radius 2 is 0.939 bits per heavy atom. The third-order valence-corrected chi connectivity index (χ3v) is 4.44. The van der Waals surface area contributed by atoms with Crippen molar-refractivity contribution in [2.45, 2.75) is 0 Å². The summed E-state index contributed by atoms with van der Waals surface area (Å²) in [6.07, 6.45) is 0. The summed E-state index contributed by atoms with van der Waals surface area (Å²) in [4.78, 5) is 20.8. The number of non-ortho nitro benzene ring substituents is 2. The van der Waals surface area contributed by atoms with Crippen LogP contribution in [0, 0.1) is 20.2 Å². The van der Waals surface area contributed by atoms with Gasteiger partial charge >= 0.3 is 0 Å². The van der Waals surface area contributed by atoms with Gasteiger partial charge in [0.05, 0.1) is 9.85 Å². The lowest BCUT2D eigenvalue weighted by Gasteiger charge is -2.14. The van der Waals surface area contributed by atoms with E-state index in [2.05, 4.69) is 0 Å². The summed E-state index contributed by atoms with van der Waals surface area (Å²) in [5.74, 6) is 2.44. The Morgan fingerprint density at radius 3 is 1.45 bits per heavy atom. The molecule has 0 aliphatic carbocycles. The molecule has 0 spiro atoms. The highest BCUT2D eigenvalue weighted by Gasteiger charge is 2.13. The molecular formula is C24H16N2O7. The summed E-state index contributed by atoms with van der Waals surface area (Å²) in [7, 11) is 0. The van der Waals surface area contributed by atoms with Crippen molar-refractivity contribution >= 4 is 11.4 Å². The fourth-order valence-corrected chi connectivity index (χ4v) is 2.87. The number of ether oxygens (including phenoxy) is 3. The van der Waals surface area contributed by atoms with E-state index in [-0.39, 0.29) is 17.1 Å². The van der Waals surface area contributed by atoms with Crippen molar-refractivity contribution in [1.29, 1.82) is 0 Å². The highest BCUT2D eigenvalue weighted by molar-refractivity contribution is 5.51. The molecule has 0 atom stereocenters. The van der Waals surface area contributed by atoms with Crippen LogP contribution in [0.3, 0.4) is 0 Å². The molecule has 0 heterocycles. The maximum absolute atomic E-state index is 10.9. The number of nitro groups is 2. The van der Waals surface area contributed by atoms with Gasteiger partial charge in [-0.3, -0.25) is 20.2 Å². The van der Waals surface area contributed by atoms with Crippen LogP contribution in [0.25, 0.3) is 0 Å². The van der Waals surface area contributed by atoms with Crippen molar-refractivity contribution < 1.29 is 24.1 Å². The number of benzene rings is 4. The molecule has 0 fully saturated rings. The highest BCUT2D eigenvalue weighted by atomic mass is 16.6. The minimum atomic E-state index is -0.499. The fraction of sp³-hybridized carbons (Fsp3) is 0. The maximum Gasteiger partial charge on any atom is 0.269 e. The van der Waals surface area contributed by atoms with Crippen molar-refractivity contribution in [3.05, 3.63) is 117 Å². The topological polar surface area (TPSA) is 114 Å². The van der Waals surface area contributed by atoms with Crippen LogP contribution in [0.2, 0.25) is 0 Å². The number of hydrogen-bond donors (Lipinski definition) is 0. The number of para-hydroxylation sites is 1. The van der Waals surface area contributed by atoms with Gasteiger partial charge in [0.1, 0.15) is 23.0 Å². The average molecular weight is 444 g/mol. The van der Waals surface area contributed by atoms with Gasteiger partial charge < -0.3 is 14.2 Å². The largest absolute Gasteiger partial charge is 0.457 e. The Hall–Kier alpha value is -4.92. The third-order valence-electron chi connectivity index (χ3n) is 4.44. The normalized spacial score (nSPS) is 10.3. The molecule has 0 saturated carbocycles. The Morgan fingerprint density at radius 1 is 0.485 bits per heavy atom. The first-order valence-corrected chi connectivity index (χ1v) is 9.69. The molecule has 9 nitrogen and oxygen atoms in total. The van der Waals surface area contributed by atoms with Gasteiger partial charge in [0.15, 0.2) is 11.5 Å². The van der Waals surface area contributed by atoms with E-state index in [4.69, 9.17) is 14.2 Å². The minimum absolute atomic E-state index is 0.0590. The molecule has 0 radical (unpaired) electrons. The Kier molecular flexibility index (Phi) is 6.12. The predicted molar refractivity (Wildman–Crippen MR) is 119 cm³/mol. The molecular weight excluding hydrogens is 428 g/mol. The average Bonchev–Trinajstić information content (AvgIpc) is 2.82. The van der Waals surface area contributed by atoms with E-state index in [1.54, 1.807) is 30.3 Å². The van der Waals surface area contributed by atoms with Gasteiger partial charge in [0.25, 0.3) is 11.4 Å². The van der Waals surface area contributed by atoms with Crippen LogP contribution < -0.4 is 14.2 Å². The van der Waals surface area contributed by atoms with Gasteiger partial charge in [-0.25, -0.2) is 0 Å². The van der Waals surface area contributed by atoms with Gasteiger partial charge in [0.2, 0.25) is 0 Å². The van der Waals surface area contributed by atoms with E-state index in [0.29, 0.717) is 28.7 Å². The molecule has 33 heavy (non-hydrogen) atoms. The zero-order valence-electron chi connectivity index (χ0n) is 17.0. The van der Waals surface area contributed by atoms with Crippen LogP contribution >= 0.6 is 0 Å². The van der Waals surface area contributed by atoms with E-state index in [1.807, 2.05) is 18.2 Å². The smallest absolute Gasteiger partial charge is 0.269 e. The van der Waals surface area contributed by atoms with Crippen LogP contribution in [0.1, 0.15) is 0 Å². The van der Waals surface area contributed by atoms with Crippen LogP contribution in [-0.4, -0.2) is 9.85 Å². The molecule has 0 N–H and O–H groups in total. The summed E-state index contributed by atoms with van der Waals surface area (Å²) in [5.41, 5.74) is -0.123. The van der Waals surface area contributed by atoms with E-state index in [9.17, 15) is 20.2 Å². The Bertz CT molecular complexity index is 1270. The van der Waals surface area contributed by atoms with Crippen LogP contribution in [0.5, 0.6) is 34.5 Å². The molecule has 0 saturated heterocycles. The Labute approximate surface area is 187 Å². The van der Waals surface area contributed by atoms with E-state index >= 15 is 0 Å². The number of nitrogens with zero attached hydrogens (tertiary/aromatic N) is 2. The molecule has 4 aromatic carbocycles. The predicted octanol–water partition coefficient (Wildman–Crippen LogP) is 6.88. The Balaban J connectivity index is 1.63. The monoisotopic (exact) mass is 444 g/mol. The summed E-state index contributed by atoms with van der Waals surface area (Å²) in [6, 6.07) is 25.3. The van der Waals surface area contributed by atoms with Gasteiger partial charge in [-0.05, 0) is 48.5 Å². The second kappa shape index (κ2) is 9.48. The van der Waals surface area contributed by atoms with Crippen LogP contribution in [0.4, 0.5) is 11.4 Å². The number of nitro benzene ring substituents is 2. The highest BCUT2D eigenvalue weighted by Crippen LogP contribution is 2.39. The molecule has 0 aliphatic heterocycles. The summed E-state index contributed by atoms with van der Waals surface area (Å²) in [6.45, 7) is 0. The van der Waals surface area contributed by atoms with Crippen LogP contribution in [0.15, 0.2) is 97.1 Å². The molecule has 0 aromatic heterocycles. The lowest BCUT2D eigenvalue weighted by molar-refractivity contribution is -0.385. The summed E-state index contributed by atoms with van der Waals surface area (Å²) < 4.78 is 17.6. The molecule has 4 aromatic rings. The van der Waals surface area contributed by atoms with Crippen molar-refractivity contribution in [3.63, 3.8) is 0 Å². The van der Waals surface area contributed by atoms with Gasteiger partial charge in [-0.1, -0.05) is 18.2 Å². The molecule has 9 heteroatoms. The number of hydrogen-bond acceptors (Lipinski definition) is 7. The maximum atomic E-state index is 10.9. The fourth-order valence-electron chi connectivity index (χ4n) is 2.87. The zero-order chi connectivity index (χ0) is 23.2.